The maximum atomic E-state index is 12.4. The van der Waals surface area contributed by atoms with E-state index in [-0.39, 0.29) is 27.6 Å². The molecule has 1 aliphatic rings. The van der Waals surface area contributed by atoms with Crippen LogP contribution in [0.5, 0.6) is 0 Å². The van der Waals surface area contributed by atoms with E-state index in [1.807, 2.05) is 0 Å². The zero-order chi connectivity index (χ0) is 14.9. The van der Waals surface area contributed by atoms with Gasteiger partial charge in [0, 0.05) is 26.1 Å². The van der Waals surface area contributed by atoms with Crippen LogP contribution in [0.15, 0.2) is 23.1 Å². The van der Waals surface area contributed by atoms with Crippen molar-refractivity contribution in [1.29, 1.82) is 0 Å². The topological polar surface area (TPSA) is 92.5 Å². The Hall–Kier alpha value is -1.31. The quantitative estimate of drug-likeness (QED) is 0.807. The normalized spacial score (nSPS) is 20.2. The van der Waals surface area contributed by atoms with Crippen LogP contribution in [0.3, 0.4) is 0 Å². The number of carbonyl (C=O) groups is 1. The zero-order valence-electron chi connectivity index (χ0n) is 11.0. The highest BCUT2D eigenvalue weighted by atomic mass is 35.5. The van der Waals surface area contributed by atoms with E-state index in [2.05, 4.69) is 4.72 Å². The van der Waals surface area contributed by atoms with Crippen molar-refractivity contribution in [3.63, 3.8) is 0 Å². The molecule has 110 valence electrons. The number of piperidine rings is 1. The van der Waals surface area contributed by atoms with Crippen LogP contribution >= 0.6 is 11.6 Å². The fraction of sp³-hybridized carbons (Fsp3) is 0.417. The second-order valence-electron chi connectivity index (χ2n) is 4.79. The van der Waals surface area contributed by atoms with Crippen LogP contribution in [0.4, 0.5) is 5.69 Å². The molecule has 0 spiro atoms. The van der Waals surface area contributed by atoms with Gasteiger partial charge in [0.2, 0.25) is 15.9 Å². The Morgan fingerprint density at radius 1 is 1.45 bits per heavy atom. The van der Waals surface area contributed by atoms with Crippen molar-refractivity contribution in [2.24, 2.45) is 0 Å². The van der Waals surface area contributed by atoms with Gasteiger partial charge in [0.1, 0.15) is 4.90 Å². The number of nitrogen functional groups attached to an aromatic ring is 1. The van der Waals surface area contributed by atoms with Gasteiger partial charge in [0.25, 0.3) is 0 Å². The van der Waals surface area contributed by atoms with E-state index in [9.17, 15) is 13.2 Å². The van der Waals surface area contributed by atoms with Crippen molar-refractivity contribution in [2.75, 3.05) is 19.3 Å². The molecule has 1 unspecified atom stereocenters. The minimum Gasteiger partial charge on any atom is -0.398 e. The van der Waals surface area contributed by atoms with Gasteiger partial charge in [-0.2, -0.15) is 0 Å². The molecular weight excluding hydrogens is 302 g/mol. The summed E-state index contributed by atoms with van der Waals surface area (Å²) in [5.74, 6) is 0.0118. The number of amides is 1. The van der Waals surface area contributed by atoms with Crippen molar-refractivity contribution in [3.05, 3.63) is 23.2 Å². The molecule has 1 heterocycles. The largest absolute Gasteiger partial charge is 0.398 e. The summed E-state index contributed by atoms with van der Waals surface area (Å²) in [5, 5.41) is 0.0812. The fourth-order valence-electron chi connectivity index (χ4n) is 2.20. The number of nitrogens with one attached hydrogen (secondary N) is 1. The van der Waals surface area contributed by atoms with Gasteiger partial charge in [0.05, 0.1) is 10.7 Å². The van der Waals surface area contributed by atoms with Gasteiger partial charge in [0.15, 0.2) is 0 Å². The highest BCUT2D eigenvalue weighted by Gasteiger charge is 2.29. The first kappa shape index (κ1) is 15.1. The number of rotatable bonds is 3. The zero-order valence-corrected chi connectivity index (χ0v) is 12.5. The van der Waals surface area contributed by atoms with Crippen LogP contribution in [-0.2, 0) is 14.8 Å². The van der Waals surface area contributed by atoms with E-state index in [1.54, 1.807) is 13.1 Å². The lowest BCUT2D eigenvalue weighted by Crippen LogP contribution is -2.48. The van der Waals surface area contributed by atoms with Crippen LogP contribution in [0.25, 0.3) is 0 Å². The van der Waals surface area contributed by atoms with Gasteiger partial charge in [-0.25, -0.2) is 13.1 Å². The predicted octanol–water partition coefficient (Wildman–Crippen LogP) is 0.821. The molecule has 6 nitrogen and oxygen atoms in total. The molecule has 0 saturated carbocycles. The van der Waals surface area contributed by atoms with E-state index in [0.717, 1.165) is 0 Å². The van der Waals surface area contributed by atoms with Gasteiger partial charge in [-0.05, 0) is 18.6 Å². The number of sulfonamides is 1. The Bertz CT molecular complexity index is 613. The van der Waals surface area contributed by atoms with E-state index < -0.39 is 10.0 Å². The number of anilines is 1. The number of likely N-dealkylation sites (N-methyl/N-ethyl adjacent to an activating group) is 1. The number of hydrogen-bond acceptors (Lipinski definition) is 4. The number of nitrogens with zero attached hydrogens (tertiary/aromatic N) is 1. The van der Waals surface area contributed by atoms with E-state index in [4.69, 9.17) is 17.3 Å². The summed E-state index contributed by atoms with van der Waals surface area (Å²) in [5.41, 5.74) is 5.80. The molecule has 1 aliphatic heterocycles. The van der Waals surface area contributed by atoms with Crippen molar-refractivity contribution in [3.8, 4) is 0 Å². The molecule has 1 atom stereocenters. The maximum Gasteiger partial charge on any atom is 0.244 e. The molecule has 2 rings (SSSR count). The standard InChI is InChI=1S/C12H16ClN3O3S/c1-16-7-8(5-6-11(16)17)15-20(18,19)12-9(13)3-2-4-10(12)14/h2-4,8,15H,5-7,14H2,1H3. The van der Waals surface area contributed by atoms with Crippen molar-refractivity contribution in [1.82, 2.24) is 9.62 Å². The number of likely N-dealkylation sites (tertiary alicyclic amines) is 1. The molecule has 0 bridgehead atoms. The summed E-state index contributed by atoms with van der Waals surface area (Å²) in [6.07, 6.45) is 0.786. The Balaban J connectivity index is 2.22. The van der Waals surface area contributed by atoms with Crippen LogP contribution in [0, 0.1) is 0 Å². The molecule has 1 aromatic carbocycles. The lowest BCUT2D eigenvalue weighted by Gasteiger charge is -2.30. The van der Waals surface area contributed by atoms with Crippen LogP contribution in [0.2, 0.25) is 5.02 Å². The smallest absolute Gasteiger partial charge is 0.244 e. The maximum absolute atomic E-state index is 12.4. The predicted molar refractivity (Wildman–Crippen MR) is 76.8 cm³/mol. The molecule has 0 aromatic heterocycles. The molecule has 0 aliphatic carbocycles. The summed E-state index contributed by atoms with van der Waals surface area (Å²) < 4.78 is 27.3. The summed E-state index contributed by atoms with van der Waals surface area (Å²) in [6.45, 7) is 0.336. The van der Waals surface area contributed by atoms with Crippen molar-refractivity contribution < 1.29 is 13.2 Å². The van der Waals surface area contributed by atoms with E-state index in [1.165, 1.54) is 17.0 Å². The first-order valence-electron chi connectivity index (χ1n) is 6.11. The van der Waals surface area contributed by atoms with Crippen molar-refractivity contribution in [2.45, 2.75) is 23.8 Å². The number of halogens is 1. The second kappa shape index (κ2) is 5.59. The van der Waals surface area contributed by atoms with Gasteiger partial charge >= 0.3 is 0 Å². The SMILES string of the molecule is CN1CC(NS(=O)(=O)c2c(N)cccc2Cl)CCC1=O. The lowest BCUT2D eigenvalue weighted by atomic mass is 10.1. The third-order valence-electron chi connectivity index (χ3n) is 3.21. The summed E-state index contributed by atoms with van der Waals surface area (Å²) in [6, 6.07) is 4.21. The Morgan fingerprint density at radius 3 is 2.75 bits per heavy atom. The van der Waals surface area contributed by atoms with Crippen molar-refractivity contribution >= 4 is 33.2 Å². The second-order valence-corrected chi connectivity index (χ2v) is 6.85. The molecule has 1 fully saturated rings. The number of hydrogen-bond donors (Lipinski definition) is 2. The molecule has 1 aromatic rings. The number of carbonyl (C=O) groups excluding carboxylic acids is 1. The van der Waals surface area contributed by atoms with Gasteiger partial charge in [-0.15, -0.1) is 0 Å². The number of benzene rings is 1. The molecule has 1 saturated heterocycles. The van der Waals surface area contributed by atoms with E-state index >= 15 is 0 Å². The Kier molecular flexibility index (Phi) is 4.22. The summed E-state index contributed by atoms with van der Waals surface area (Å²) in [7, 11) is -2.16. The minimum atomic E-state index is -3.81. The van der Waals surface area contributed by atoms with Crippen LogP contribution in [-0.4, -0.2) is 38.9 Å². The molecule has 8 heteroatoms. The highest BCUT2D eigenvalue weighted by molar-refractivity contribution is 7.89. The molecule has 3 N–H and O–H groups in total. The molecule has 20 heavy (non-hydrogen) atoms. The average molecular weight is 318 g/mol. The fourth-order valence-corrected chi connectivity index (χ4v) is 4.13. The third-order valence-corrected chi connectivity index (χ3v) is 5.28. The highest BCUT2D eigenvalue weighted by Crippen LogP contribution is 2.27. The molecular formula is C12H16ClN3O3S. The Labute approximate surface area is 122 Å². The van der Waals surface area contributed by atoms with Gasteiger partial charge < -0.3 is 10.6 Å². The first-order chi connectivity index (χ1) is 9.31. The molecule has 0 radical (unpaired) electrons. The van der Waals surface area contributed by atoms with E-state index in [0.29, 0.717) is 19.4 Å². The lowest BCUT2D eigenvalue weighted by molar-refractivity contribution is -0.132. The minimum absolute atomic E-state index is 0.0118. The average Bonchev–Trinajstić information content (AvgIpc) is 2.33. The first-order valence-corrected chi connectivity index (χ1v) is 7.97. The van der Waals surface area contributed by atoms with Gasteiger partial charge in [-0.1, -0.05) is 17.7 Å². The summed E-state index contributed by atoms with van der Waals surface area (Å²) >= 11 is 5.92. The third kappa shape index (κ3) is 3.05. The Morgan fingerprint density at radius 2 is 2.15 bits per heavy atom. The number of nitrogens with two attached hydrogens (primary N) is 1. The summed E-state index contributed by atoms with van der Waals surface area (Å²) in [4.78, 5) is 12.8. The van der Waals surface area contributed by atoms with Gasteiger partial charge in [-0.3, -0.25) is 4.79 Å². The van der Waals surface area contributed by atoms with Crippen LogP contribution in [0.1, 0.15) is 12.8 Å². The monoisotopic (exact) mass is 317 g/mol. The van der Waals surface area contributed by atoms with Crippen LogP contribution < -0.4 is 10.5 Å². The molecule has 1 amide bonds.